The highest BCUT2D eigenvalue weighted by Crippen LogP contribution is 2.37. The molecule has 1 fully saturated rings. The number of aryl methyl sites for hydroxylation is 2. The van der Waals surface area contributed by atoms with Crippen LogP contribution in [0.15, 0.2) is 24.5 Å². The predicted octanol–water partition coefficient (Wildman–Crippen LogP) is 3.67. The number of hydrogen-bond acceptors (Lipinski definition) is 4. The van der Waals surface area contributed by atoms with Crippen LogP contribution in [-0.4, -0.2) is 27.8 Å². The van der Waals surface area contributed by atoms with E-state index in [2.05, 4.69) is 16.2 Å². The molecular formula is C16H19ClN4O2. The molecule has 6 nitrogen and oxygen atoms in total. The van der Waals surface area contributed by atoms with Gasteiger partial charge in [-0.1, -0.05) is 11.6 Å². The van der Waals surface area contributed by atoms with Crippen LogP contribution in [0.2, 0.25) is 5.02 Å². The number of nitro benzene ring substituents is 1. The van der Waals surface area contributed by atoms with Crippen LogP contribution in [0, 0.1) is 17.0 Å². The van der Waals surface area contributed by atoms with E-state index in [1.54, 1.807) is 6.07 Å². The van der Waals surface area contributed by atoms with E-state index < -0.39 is 4.92 Å². The van der Waals surface area contributed by atoms with Gasteiger partial charge in [-0.05, 0) is 36.8 Å². The number of benzene rings is 1. The van der Waals surface area contributed by atoms with Crippen molar-refractivity contribution in [1.82, 2.24) is 9.78 Å². The molecule has 0 bridgehead atoms. The molecule has 0 radical (unpaired) electrons. The van der Waals surface area contributed by atoms with Crippen LogP contribution in [0.3, 0.4) is 0 Å². The molecule has 3 rings (SSSR count). The molecule has 1 aromatic carbocycles. The maximum absolute atomic E-state index is 10.9. The van der Waals surface area contributed by atoms with Gasteiger partial charge in [-0.2, -0.15) is 5.10 Å². The summed E-state index contributed by atoms with van der Waals surface area (Å²) in [5, 5.41) is 15.6. The zero-order chi connectivity index (χ0) is 16.6. The lowest BCUT2D eigenvalue weighted by atomic mass is 9.91. The number of halogens is 1. The molecule has 1 aliphatic heterocycles. The Morgan fingerprint density at radius 2 is 2.04 bits per heavy atom. The average Bonchev–Trinajstić information content (AvgIpc) is 2.93. The molecule has 0 saturated carbocycles. The largest absolute Gasteiger partial charge is 0.370 e. The first kappa shape index (κ1) is 15.8. The molecule has 7 heteroatoms. The van der Waals surface area contributed by atoms with Crippen LogP contribution in [0.4, 0.5) is 11.4 Å². The van der Waals surface area contributed by atoms with Crippen molar-refractivity contribution in [2.75, 3.05) is 18.0 Å². The molecule has 1 aromatic heterocycles. The van der Waals surface area contributed by atoms with Gasteiger partial charge in [0.1, 0.15) is 0 Å². The number of rotatable bonds is 3. The maximum atomic E-state index is 10.9. The van der Waals surface area contributed by atoms with Crippen molar-refractivity contribution in [1.29, 1.82) is 0 Å². The third kappa shape index (κ3) is 3.17. The summed E-state index contributed by atoms with van der Waals surface area (Å²) in [7, 11) is 1.93. The van der Waals surface area contributed by atoms with E-state index in [0.29, 0.717) is 10.9 Å². The number of nitrogens with zero attached hydrogens (tertiary/aromatic N) is 4. The first-order valence-corrected chi connectivity index (χ1v) is 8.01. The van der Waals surface area contributed by atoms with Gasteiger partial charge in [-0.25, -0.2) is 0 Å². The number of non-ortho nitro benzene ring substituents is 1. The minimum atomic E-state index is -0.405. The SMILES string of the molecule is Cc1cc([N+](=O)[O-])cc(Cl)c1N1CCC(c2cnn(C)c2)CC1. The van der Waals surface area contributed by atoms with Gasteiger partial charge in [-0.3, -0.25) is 14.8 Å². The zero-order valence-electron chi connectivity index (χ0n) is 13.2. The summed E-state index contributed by atoms with van der Waals surface area (Å²) in [5.74, 6) is 0.511. The number of aromatic nitrogens is 2. The highest BCUT2D eigenvalue weighted by molar-refractivity contribution is 6.33. The molecule has 2 aromatic rings. The second-order valence-corrected chi connectivity index (χ2v) is 6.47. The summed E-state index contributed by atoms with van der Waals surface area (Å²) in [4.78, 5) is 12.7. The second kappa shape index (κ2) is 6.20. The van der Waals surface area contributed by atoms with Crippen LogP contribution in [0.5, 0.6) is 0 Å². The minimum Gasteiger partial charge on any atom is -0.370 e. The smallest absolute Gasteiger partial charge is 0.271 e. The van der Waals surface area contributed by atoms with Crippen LogP contribution in [0.25, 0.3) is 0 Å². The van der Waals surface area contributed by atoms with Gasteiger partial charge in [0.05, 0.1) is 21.8 Å². The first-order valence-electron chi connectivity index (χ1n) is 7.63. The average molecular weight is 335 g/mol. The third-order valence-corrected chi connectivity index (χ3v) is 4.75. The fourth-order valence-corrected chi connectivity index (χ4v) is 3.69. The van der Waals surface area contributed by atoms with Crippen LogP contribution in [-0.2, 0) is 7.05 Å². The Bertz CT molecular complexity index is 712. The highest BCUT2D eigenvalue weighted by atomic mass is 35.5. The van der Waals surface area contributed by atoms with E-state index in [9.17, 15) is 10.1 Å². The molecular weight excluding hydrogens is 316 g/mol. The highest BCUT2D eigenvalue weighted by Gasteiger charge is 2.25. The van der Waals surface area contributed by atoms with Crippen molar-refractivity contribution in [2.24, 2.45) is 7.05 Å². The summed E-state index contributed by atoms with van der Waals surface area (Å²) in [6, 6.07) is 3.03. The van der Waals surface area contributed by atoms with Gasteiger partial charge in [0, 0.05) is 38.5 Å². The molecule has 2 heterocycles. The van der Waals surface area contributed by atoms with Crippen molar-refractivity contribution < 1.29 is 4.92 Å². The van der Waals surface area contributed by atoms with Gasteiger partial charge in [-0.15, -0.1) is 0 Å². The van der Waals surface area contributed by atoms with Gasteiger partial charge in [0.15, 0.2) is 0 Å². The van der Waals surface area contributed by atoms with Gasteiger partial charge < -0.3 is 4.90 Å². The topological polar surface area (TPSA) is 64.2 Å². The summed E-state index contributed by atoms with van der Waals surface area (Å²) in [6.45, 7) is 3.65. The molecule has 0 atom stereocenters. The molecule has 1 aliphatic rings. The predicted molar refractivity (Wildman–Crippen MR) is 90.2 cm³/mol. The van der Waals surface area contributed by atoms with Gasteiger partial charge >= 0.3 is 0 Å². The molecule has 0 N–H and O–H groups in total. The molecule has 0 amide bonds. The second-order valence-electron chi connectivity index (χ2n) is 6.06. The summed E-state index contributed by atoms with van der Waals surface area (Å²) >= 11 is 6.31. The number of piperidine rings is 1. The zero-order valence-corrected chi connectivity index (χ0v) is 14.0. The molecule has 0 spiro atoms. The molecule has 23 heavy (non-hydrogen) atoms. The van der Waals surface area contributed by atoms with Crippen molar-refractivity contribution in [3.63, 3.8) is 0 Å². The van der Waals surface area contributed by atoms with Crippen molar-refractivity contribution in [2.45, 2.75) is 25.7 Å². The van der Waals surface area contributed by atoms with Crippen LogP contribution < -0.4 is 4.90 Å². The number of anilines is 1. The quantitative estimate of drug-likeness (QED) is 0.634. The third-order valence-electron chi connectivity index (χ3n) is 4.46. The standard InChI is InChI=1S/C16H19ClN4O2/c1-11-7-14(21(22)23)8-15(17)16(11)20-5-3-12(4-6-20)13-9-18-19(2)10-13/h7-10,12H,3-6H2,1-2H3. The normalized spacial score (nSPS) is 15.9. The molecule has 0 unspecified atom stereocenters. The Hall–Kier alpha value is -2.08. The maximum Gasteiger partial charge on any atom is 0.271 e. The Balaban J connectivity index is 1.76. The van der Waals surface area contributed by atoms with Crippen molar-refractivity contribution >= 4 is 23.0 Å². The lowest BCUT2D eigenvalue weighted by molar-refractivity contribution is -0.384. The first-order chi connectivity index (χ1) is 11.0. The van der Waals surface area contributed by atoms with E-state index in [-0.39, 0.29) is 5.69 Å². The Kier molecular flexibility index (Phi) is 4.26. The van der Waals surface area contributed by atoms with Crippen LogP contribution >= 0.6 is 11.6 Å². The Morgan fingerprint density at radius 3 is 2.57 bits per heavy atom. The van der Waals surface area contributed by atoms with Crippen molar-refractivity contribution in [3.05, 3.63) is 50.8 Å². The Labute approximate surface area is 139 Å². The fraction of sp³-hybridized carbons (Fsp3) is 0.438. The monoisotopic (exact) mass is 334 g/mol. The van der Waals surface area contributed by atoms with Crippen LogP contribution in [0.1, 0.15) is 29.9 Å². The minimum absolute atomic E-state index is 0.0431. The van der Waals surface area contributed by atoms with Gasteiger partial charge in [0.25, 0.3) is 5.69 Å². The van der Waals surface area contributed by atoms with Gasteiger partial charge in [0.2, 0.25) is 0 Å². The number of nitro groups is 1. The van der Waals surface area contributed by atoms with E-state index >= 15 is 0 Å². The summed E-state index contributed by atoms with van der Waals surface area (Å²) < 4.78 is 1.83. The van der Waals surface area contributed by atoms with E-state index in [4.69, 9.17) is 11.6 Å². The number of hydrogen-bond donors (Lipinski definition) is 0. The fourth-order valence-electron chi connectivity index (χ4n) is 3.31. The van der Waals surface area contributed by atoms with E-state index in [1.165, 1.54) is 11.6 Å². The lowest BCUT2D eigenvalue weighted by Gasteiger charge is -2.34. The molecule has 122 valence electrons. The Morgan fingerprint density at radius 1 is 1.35 bits per heavy atom. The lowest BCUT2D eigenvalue weighted by Crippen LogP contribution is -2.33. The summed E-state index contributed by atoms with van der Waals surface area (Å²) in [6.07, 6.45) is 6.06. The van der Waals surface area contributed by atoms with Crippen molar-refractivity contribution in [3.8, 4) is 0 Å². The van der Waals surface area contributed by atoms with E-state index in [1.807, 2.05) is 24.9 Å². The molecule has 1 saturated heterocycles. The summed E-state index contributed by atoms with van der Waals surface area (Å²) in [5.41, 5.74) is 3.09. The van der Waals surface area contributed by atoms with E-state index in [0.717, 1.165) is 37.2 Å². The molecule has 0 aliphatic carbocycles.